The molecule has 3 rings (SSSR count). The maximum atomic E-state index is 3.35. The third-order valence-electron chi connectivity index (χ3n) is 5.08. The van der Waals surface area contributed by atoms with Crippen LogP contribution in [0.15, 0.2) is 18.3 Å². The minimum absolute atomic E-state index is 0.231. The normalized spacial score (nSPS) is 17.2. The van der Waals surface area contributed by atoms with Gasteiger partial charge in [-0.15, -0.1) is 0 Å². The van der Waals surface area contributed by atoms with Crippen molar-refractivity contribution in [1.82, 2.24) is 14.8 Å². The molecule has 1 N–H and O–H groups in total. The van der Waals surface area contributed by atoms with Gasteiger partial charge in [0.05, 0.1) is 0 Å². The van der Waals surface area contributed by atoms with Gasteiger partial charge in [0.25, 0.3) is 0 Å². The molecule has 1 unspecified atom stereocenters. The number of fused-ring (bicyclic) bond motifs is 2. The Morgan fingerprint density at radius 2 is 1.82 bits per heavy atom. The van der Waals surface area contributed by atoms with Crippen molar-refractivity contribution in [2.45, 2.75) is 58.8 Å². The van der Waals surface area contributed by atoms with Crippen LogP contribution in [0.25, 0.3) is 10.9 Å². The maximum Gasteiger partial charge on any atom is 0.0484 e. The van der Waals surface area contributed by atoms with Crippen molar-refractivity contribution in [1.29, 1.82) is 0 Å². The first kappa shape index (κ1) is 15.6. The first-order chi connectivity index (χ1) is 10.3. The molecule has 0 radical (unpaired) electrons. The van der Waals surface area contributed by atoms with Gasteiger partial charge in [0.2, 0.25) is 0 Å². The van der Waals surface area contributed by atoms with Crippen molar-refractivity contribution < 1.29 is 0 Å². The molecule has 0 saturated carbocycles. The number of hydrogen-bond acceptors (Lipinski definition) is 2. The predicted molar refractivity (Wildman–Crippen MR) is 94.1 cm³/mol. The van der Waals surface area contributed by atoms with Crippen LogP contribution in [0.1, 0.15) is 44.4 Å². The first-order valence-corrected chi connectivity index (χ1v) is 8.31. The van der Waals surface area contributed by atoms with E-state index in [9.17, 15) is 0 Å². The number of rotatable bonds is 3. The molecule has 2 aromatic rings. The number of nitrogens with one attached hydrogen (secondary N) is 1. The number of aryl methyl sites for hydroxylation is 1. The lowest BCUT2D eigenvalue weighted by Gasteiger charge is -2.31. The van der Waals surface area contributed by atoms with Gasteiger partial charge in [0, 0.05) is 48.8 Å². The van der Waals surface area contributed by atoms with E-state index in [1.54, 1.807) is 0 Å². The van der Waals surface area contributed by atoms with Crippen molar-refractivity contribution in [3.05, 3.63) is 35.0 Å². The predicted octanol–water partition coefficient (Wildman–Crippen LogP) is 3.44. The topological polar surface area (TPSA) is 20.2 Å². The Morgan fingerprint density at radius 3 is 2.41 bits per heavy atom. The molecule has 1 atom stereocenters. The highest BCUT2D eigenvalue weighted by molar-refractivity contribution is 5.86. The molecule has 1 aromatic carbocycles. The zero-order valence-electron chi connectivity index (χ0n) is 14.8. The second-order valence-electron chi connectivity index (χ2n) is 7.82. The standard InChI is InChI=1S/C19H29N3/c1-13(20-5)7-16-10-21(6)18-9-15-12-22(19(2,3)4)11-14(15)8-17(16)18/h8-10,13,20H,7,11-12H2,1-6H3. The second kappa shape index (κ2) is 5.39. The molecule has 0 bridgehead atoms. The molecular weight excluding hydrogens is 270 g/mol. The minimum Gasteiger partial charge on any atom is -0.350 e. The van der Waals surface area contributed by atoms with Crippen molar-refractivity contribution in [3.63, 3.8) is 0 Å². The molecule has 3 nitrogen and oxygen atoms in total. The van der Waals surface area contributed by atoms with Crippen LogP contribution < -0.4 is 5.32 Å². The molecule has 2 heterocycles. The third kappa shape index (κ3) is 2.68. The Bertz CT molecular complexity index is 691. The summed E-state index contributed by atoms with van der Waals surface area (Å²) in [4.78, 5) is 2.56. The fraction of sp³-hybridized carbons (Fsp3) is 0.579. The van der Waals surface area contributed by atoms with Gasteiger partial charge in [0.15, 0.2) is 0 Å². The van der Waals surface area contributed by atoms with Crippen molar-refractivity contribution in [3.8, 4) is 0 Å². The highest BCUT2D eigenvalue weighted by Crippen LogP contribution is 2.33. The highest BCUT2D eigenvalue weighted by atomic mass is 15.2. The number of aromatic nitrogens is 1. The fourth-order valence-corrected chi connectivity index (χ4v) is 3.43. The average molecular weight is 299 g/mol. The lowest BCUT2D eigenvalue weighted by molar-refractivity contribution is 0.136. The van der Waals surface area contributed by atoms with Crippen molar-refractivity contribution >= 4 is 10.9 Å². The summed E-state index contributed by atoms with van der Waals surface area (Å²) < 4.78 is 2.28. The Hall–Kier alpha value is -1.32. The van der Waals surface area contributed by atoms with E-state index in [-0.39, 0.29) is 5.54 Å². The van der Waals surface area contributed by atoms with Gasteiger partial charge in [-0.1, -0.05) is 0 Å². The third-order valence-corrected chi connectivity index (χ3v) is 5.08. The largest absolute Gasteiger partial charge is 0.350 e. The van der Waals surface area contributed by atoms with Gasteiger partial charge in [-0.3, -0.25) is 4.90 Å². The lowest BCUT2D eigenvalue weighted by Crippen LogP contribution is -2.36. The fourth-order valence-electron chi connectivity index (χ4n) is 3.43. The molecule has 0 amide bonds. The monoisotopic (exact) mass is 299 g/mol. The van der Waals surface area contributed by atoms with E-state index < -0.39 is 0 Å². The molecule has 0 saturated heterocycles. The Morgan fingerprint density at radius 1 is 1.18 bits per heavy atom. The molecule has 120 valence electrons. The minimum atomic E-state index is 0.231. The van der Waals surface area contributed by atoms with Crippen LogP contribution in [0.2, 0.25) is 0 Å². The van der Waals surface area contributed by atoms with Gasteiger partial charge in [-0.25, -0.2) is 0 Å². The second-order valence-corrected chi connectivity index (χ2v) is 7.82. The van der Waals surface area contributed by atoms with Crippen molar-refractivity contribution in [2.75, 3.05) is 7.05 Å². The Balaban J connectivity index is 2.01. The summed E-state index contributed by atoms with van der Waals surface area (Å²) in [7, 11) is 4.20. The quantitative estimate of drug-likeness (QED) is 0.937. The molecular formula is C19H29N3. The number of nitrogens with zero attached hydrogens (tertiary/aromatic N) is 2. The molecule has 1 aliphatic rings. The van der Waals surface area contributed by atoms with Gasteiger partial charge < -0.3 is 9.88 Å². The maximum absolute atomic E-state index is 3.35. The summed E-state index contributed by atoms with van der Waals surface area (Å²) in [6, 6.07) is 5.35. The SMILES string of the molecule is CNC(C)Cc1cn(C)c2cc3c(cc12)CN(C(C)(C)C)C3. The van der Waals surface area contributed by atoms with E-state index in [4.69, 9.17) is 0 Å². The smallest absolute Gasteiger partial charge is 0.0484 e. The molecule has 1 aromatic heterocycles. The van der Waals surface area contributed by atoms with Crippen LogP contribution in [0.4, 0.5) is 0 Å². The van der Waals surface area contributed by atoms with Crippen LogP contribution in [-0.2, 0) is 26.6 Å². The lowest BCUT2D eigenvalue weighted by atomic mass is 10.0. The van der Waals surface area contributed by atoms with Crippen molar-refractivity contribution in [2.24, 2.45) is 7.05 Å². The number of benzene rings is 1. The van der Waals surface area contributed by atoms with Gasteiger partial charge in [0.1, 0.15) is 0 Å². The first-order valence-electron chi connectivity index (χ1n) is 8.31. The van der Waals surface area contributed by atoms with Gasteiger partial charge >= 0.3 is 0 Å². The zero-order chi connectivity index (χ0) is 16.1. The summed E-state index contributed by atoms with van der Waals surface area (Å²) in [5.41, 5.74) is 6.06. The Kier molecular flexibility index (Phi) is 3.82. The van der Waals surface area contributed by atoms with Gasteiger partial charge in [-0.2, -0.15) is 0 Å². The highest BCUT2D eigenvalue weighted by Gasteiger charge is 2.28. The van der Waals surface area contributed by atoms with E-state index in [1.165, 1.54) is 27.6 Å². The molecule has 3 heteroatoms. The molecule has 0 spiro atoms. The van der Waals surface area contributed by atoms with E-state index in [0.29, 0.717) is 6.04 Å². The average Bonchev–Trinajstić information content (AvgIpc) is 2.98. The molecule has 1 aliphatic heterocycles. The zero-order valence-corrected chi connectivity index (χ0v) is 14.8. The summed E-state index contributed by atoms with van der Waals surface area (Å²) in [6.45, 7) is 11.3. The van der Waals surface area contributed by atoms with Crippen LogP contribution in [0.5, 0.6) is 0 Å². The van der Waals surface area contributed by atoms with E-state index in [1.807, 2.05) is 7.05 Å². The summed E-state index contributed by atoms with van der Waals surface area (Å²) in [6.07, 6.45) is 3.38. The number of likely N-dealkylation sites (N-methyl/N-ethyl adjacent to an activating group) is 1. The number of hydrogen-bond donors (Lipinski definition) is 1. The van der Waals surface area contributed by atoms with E-state index in [2.05, 4.69) is 67.9 Å². The van der Waals surface area contributed by atoms with E-state index in [0.717, 1.165) is 19.5 Å². The van der Waals surface area contributed by atoms with Gasteiger partial charge in [-0.05, 0) is 70.0 Å². The summed E-state index contributed by atoms with van der Waals surface area (Å²) in [5.74, 6) is 0. The van der Waals surface area contributed by atoms with Crippen LogP contribution >= 0.6 is 0 Å². The van der Waals surface area contributed by atoms with Crippen LogP contribution in [0.3, 0.4) is 0 Å². The van der Waals surface area contributed by atoms with Crippen LogP contribution in [-0.4, -0.2) is 28.1 Å². The van der Waals surface area contributed by atoms with E-state index >= 15 is 0 Å². The molecule has 0 aliphatic carbocycles. The molecule has 0 fully saturated rings. The molecule has 22 heavy (non-hydrogen) atoms. The summed E-state index contributed by atoms with van der Waals surface area (Å²) in [5, 5.41) is 4.78. The summed E-state index contributed by atoms with van der Waals surface area (Å²) >= 11 is 0. The Labute approximate surface area is 134 Å². The van der Waals surface area contributed by atoms with Crippen LogP contribution in [0, 0.1) is 0 Å².